The van der Waals surface area contributed by atoms with Crippen molar-refractivity contribution in [3.63, 3.8) is 0 Å². The van der Waals surface area contributed by atoms with Gasteiger partial charge in [0.05, 0.1) is 29.1 Å². The molecular weight excluding hydrogens is 374 g/mol. The molecule has 144 valence electrons. The van der Waals surface area contributed by atoms with E-state index in [4.69, 9.17) is 0 Å². The number of hydrogen-bond donors (Lipinski definition) is 0. The predicted molar refractivity (Wildman–Crippen MR) is 97.7 cm³/mol. The minimum Gasteiger partial charge on any atom is -0.548 e. The summed E-state index contributed by atoms with van der Waals surface area (Å²) in [5, 5.41) is 24.6. The monoisotopic (exact) mass is 387 g/mol. The minimum atomic E-state index is -1.58. The quantitative estimate of drug-likeness (QED) is 0.576. The van der Waals surface area contributed by atoms with Crippen LogP contribution in [0.15, 0.2) is 60.7 Å². The predicted octanol–water partition coefficient (Wildman–Crippen LogP) is 0.160. The zero-order valence-electron chi connectivity index (χ0n) is 15.0. The average Bonchev–Trinajstić information content (AvgIpc) is 2.96. The first-order chi connectivity index (χ1) is 13.9. The van der Waals surface area contributed by atoms with Crippen molar-refractivity contribution in [3.8, 4) is 0 Å². The maximum Gasteiger partial charge on any atom is 0.262 e. The molecule has 0 aromatic heterocycles. The summed E-state index contributed by atoms with van der Waals surface area (Å²) in [4.78, 5) is 49.1. The Morgan fingerprint density at radius 1 is 0.862 bits per heavy atom. The molecule has 0 saturated carbocycles. The van der Waals surface area contributed by atoms with E-state index >= 15 is 0 Å². The molecule has 0 unspecified atom stereocenters. The SMILES string of the molecule is O=C([O-])c1ccc2c(c1)C(=O)N([C@H](Cc1cccc3ccccc13)C(=O)[O-])C2=O. The Morgan fingerprint density at radius 2 is 1.55 bits per heavy atom. The van der Waals surface area contributed by atoms with Crippen molar-refractivity contribution in [2.75, 3.05) is 0 Å². The fourth-order valence-corrected chi connectivity index (χ4v) is 3.63. The smallest absolute Gasteiger partial charge is 0.262 e. The minimum absolute atomic E-state index is 0.0517. The molecule has 7 nitrogen and oxygen atoms in total. The molecule has 3 aromatic rings. The molecule has 0 radical (unpaired) electrons. The molecule has 0 saturated heterocycles. The van der Waals surface area contributed by atoms with Gasteiger partial charge in [-0.1, -0.05) is 48.5 Å². The lowest BCUT2D eigenvalue weighted by atomic mass is 9.98. The summed E-state index contributed by atoms with van der Waals surface area (Å²) in [6.07, 6.45) is -0.136. The van der Waals surface area contributed by atoms with Gasteiger partial charge in [-0.25, -0.2) is 0 Å². The van der Waals surface area contributed by atoms with Crippen LogP contribution < -0.4 is 10.2 Å². The molecular formula is C22H13NO6-2. The molecule has 1 atom stereocenters. The Morgan fingerprint density at radius 3 is 2.28 bits per heavy atom. The van der Waals surface area contributed by atoms with E-state index in [-0.39, 0.29) is 23.1 Å². The number of fused-ring (bicyclic) bond motifs is 2. The van der Waals surface area contributed by atoms with E-state index in [1.54, 1.807) is 12.1 Å². The maximum absolute atomic E-state index is 12.8. The van der Waals surface area contributed by atoms with Crippen LogP contribution in [0.3, 0.4) is 0 Å². The van der Waals surface area contributed by atoms with Crippen molar-refractivity contribution in [3.05, 3.63) is 82.9 Å². The molecule has 2 amide bonds. The number of benzene rings is 3. The Labute approximate surface area is 164 Å². The lowest BCUT2D eigenvalue weighted by molar-refractivity contribution is -0.310. The van der Waals surface area contributed by atoms with Gasteiger partial charge in [-0.3, -0.25) is 14.5 Å². The van der Waals surface area contributed by atoms with Gasteiger partial charge in [0.15, 0.2) is 0 Å². The number of amides is 2. The van der Waals surface area contributed by atoms with Gasteiger partial charge in [-0.05, 0) is 40.5 Å². The number of imide groups is 1. The van der Waals surface area contributed by atoms with Crippen LogP contribution in [0.2, 0.25) is 0 Å². The molecule has 1 aliphatic heterocycles. The molecule has 1 aliphatic rings. The van der Waals surface area contributed by atoms with E-state index in [1.807, 2.05) is 30.3 Å². The second-order valence-corrected chi connectivity index (χ2v) is 6.71. The van der Waals surface area contributed by atoms with Gasteiger partial charge in [0.2, 0.25) is 0 Å². The Hall–Kier alpha value is -4.00. The number of carbonyl (C=O) groups is 4. The number of carboxylic acids is 2. The number of rotatable bonds is 5. The molecule has 0 bridgehead atoms. The van der Waals surface area contributed by atoms with E-state index in [9.17, 15) is 29.4 Å². The topological polar surface area (TPSA) is 118 Å². The standard InChI is InChI=1S/C22H15NO6/c24-19-16-9-8-14(21(26)27)10-17(16)20(25)23(19)18(22(28)29)11-13-6-3-5-12-4-1-2-7-15(12)13/h1-10,18H,11H2,(H,26,27)(H,28,29)/p-2/t18-/m1/s1. The number of nitrogens with zero attached hydrogens (tertiary/aromatic N) is 1. The summed E-state index contributed by atoms with van der Waals surface area (Å²) in [5.74, 6) is -4.75. The first-order valence-corrected chi connectivity index (χ1v) is 8.79. The van der Waals surface area contributed by atoms with Gasteiger partial charge in [-0.15, -0.1) is 0 Å². The Kier molecular flexibility index (Phi) is 4.35. The van der Waals surface area contributed by atoms with Crippen LogP contribution >= 0.6 is 0 Å². The molecule has 0 spiro atoms. The van der Waals surface area contributed by atoms with Crippen LogP contribution in [0, 0.1) is 0 Å². The number of carboxylic acid groups (broad SMARTS) is 2. The van der Waals surface area contributed by atoms with Crippen molar-refractivity contribution in [2.24, 2.45) is 0 Å². The zero-order chi connectivity index (χ0) is 20.7. The fraction of sp³-hybridized carbons (Fsp3) is 0.0909. The largest absolute Gasteiger partial charge is 0.548 e. The number of hydrogen-bond acceptors (Lipinski definition) is 6. The van der Waals surface area contributed by atoms with Gasteiger partial charge in [0.1, 0.15) is 0 Å². The summed E-state index contributed by atoms with van der Waals surface area (Å²) in [6, 6.07) is 14.5. The zero-order valence-corrected chi connectivity index (χ0v) is 15.0. The third kappa shape index (κ3) is 3.02. The molecule has 0 aliphatic carbocycles. The van der Waals surface area contributed by atoms with E-state index in [1.165, 1.54) is 6.07 Å². The molecule has 7 heteroatoms. The third-order valence-electron chi connectivity index (χ3n) is 5.03. The van der Waals surface area contributed by atoms with E-state index in [0.717, 1.165) is 22.9 Å². The summed E-state index contributed by atoms with van der Waals surface area (Å²) >= 11 is 0. The lowest BCUT2D eigenvalue weighted by Gasteiger charge is -2.27. The molecule has 29 heavy (non-hydrogen) atoms. The van der Waals surface area contributed by atoms with Gasteiger partial charge < -0.3 is 19.8 Å². The van der Waals surface area contributed by atoms with Gasteiger partial charge in [0.25, 0.3) is 11.8 Å². The fourth-order valence-electron chi connectivity index (χ4n) is 3.63. The Bertz CT molecular complexity index is 1190. The van der Waals surface area contributed by atoms with Crippen LogP contribution in [0.5, 0.6) is 0 Å². The second kappa shape index (κ2) is 6.87. The average molecular weight is 387 g/mol. The normalized spacial score (nSPS) is 14.1. The van der Waals surface area contributed by atoms with Gasteiger partial charge in [0, 0.05) is 0 Å². The second-order valence-electron chi connectivity index (χ2n) is 6.71. The van der Waals surface area contributed by atoms with E-state index < -0.39 is 29.8 Å². The van der Waals surface area contributed by atoms with Crippen LogP contribution in [0.25, 0.3) is 10.8 Å². The summed E-state index contributed by atoms with van der Waals surface area (Å²) < 4.78 is 0. The van der Waals surface area contributed by atoms with E-state index in [2.05, 4.69) is 0 Å². The summed E-state index contributed by atoms with van der Waals surface area (Å²) in [5.41, 5.74) is 0.153. The molecule has 4 rings (SSSR count). The third-order valence-corrected chi connectivity index (χ3v) is 5.03. The highest BCUT2D eigenvalue weighted by atomic mass is 16.4. The molecule has 1 heterocycles. The highest BCUT2D eigenvalue weighted by molar-refractivity contribution is 6.23. The Balaban J connectivity index is 1.74. The van der Waals surface area contributed by atoms with Gasteiger partial charge in [-0.2, -0.15) is 0 Å². The summed E-state index contributed by atoms with van der Waals surface area (Å²) in [6.45, 7) is 0. The van der Waals surface area contributed by atoms with Crippen molar-refractivity contribution >= 4 is 34.5 Å². The number of carbonyl (C=O) groups excluding carboxylic acids is 4. The number of aromatic carboxylic acids is 1. The first-order valence-electron chi connectivity index (χ1n) is 8.79. The van der Waals surface area contributed by atoms with Crippen LogP contribution in [0.1, 0.15) is 36.6 Å². The van der Waals surface area contributed by atoms with Crippen molar-refractivity contribution < 1.29 is 29.4 Å². The van der Waals surface area contributed by atoms with Crippen LogP contribution in [-0.2, 0) is 11.2 Å². The van der Waals surface area contributed by atoms with Crippen LogP contribution in [0.4, 0.5) is 0 Å². The maximum atomic E-state index is 12.8. The summed E-state index contributed by atoms with van der Waals surface area (Å²) in [7, 11) is 0. The van der Waals surface area contributed by atoms with Gasteiger partial charge >= 0.3 is 0 Å². The highest BCUT2D eigenvalue weighted by Crippen LogP contribution is 2.28. The van der Waals surface area contributed by atoms with Crippen LogP contribution in [-0.4, -0.2) is 34.7 Å². The number of aliphatic carboxylic acids is 1. The molecule has 0 N–H and O–H groups in total. The first kappa shape index (κ1) is 18.4. The van der Waals surface area contributed by atoms with E-state index in [0.29, 0.717) is 10.5 Å². The van der Waals surface area contributed by atoms with Crippen molar-refractivity contribution in [1.82, 2.24) is 4.90 Å². The lowest BCUT2D eigenvalue weighted by Crippen LogP contribution is -2.51. The highest BCUT2D eigenvalue weighted by Gasteiger charge is 2.40. The van der Waals surface area contributed by atoms with Crippen molar-refractivity contribution in [2.45, 2.75) is 12.5 Å². The molecule has 0 fully saturated rings. The molecule has 3 aromatic carbocycles. The van der Waals surface area contributed by atoms with Crippen molar-refractivity contribution in [1.29, 1.82) is 0 Å².